The van der Waals surface area contributed by atoms with Crippen LogP contribution in [0.2, 0.25) is 10.0 Å². The molecule has 2 rings (SSSR count). The van der Waals surface area contributed by atoms with Gasteiger partial charge in [-0.3, -0.25) is 4.90 Å². The molecule has 1 aliphatic heterocycles. The molecule has 1 fully saturated rings. The van der Waals surface area contributed by atoms with Gasteiger partial charge in [-0.15, -0.1) is 0 Å². The average Bonchev–Trinajstić information content (AvgIpc) is 2.38. The quantitative estimate of drug-likeness (QED) is 0.896. The van der Waals surface area contributed by atoms with Crippen molar-refractivity contribution < 1.29 is 0 Å². The first-order valence-electron chi connectivity index (χ1n) is 7.37. The van der Waals surface area contributed by atoms with E-state index in [1.807, 2.05) is 12.1 Å². The molecule has 4 heteroatoms. The molecule has 1 saturated heterocycles. The molecule has 1 N–H and O–H groups in total. The summed E-state index contributed by atoms with van der Waals surface area (Å²) in [4.78, 5) is 2.54. The van der Waals surface area contributed by atoms with Gasteiger partial charge in [0.15, 0.2) is 0 Å². The number of benzene rings is 1. The Balaban J connectivity index is 2.12. The van der Waals surface area contributed by atoms with E-state index < -0.39 is 0 Å². The van der Waals surface area contributed by atoms with Gasteiger partial charge < -0.3 is 5.32 Å². The minimum Gasteiger partial charge on any atom is -0.311 e. The van der Waals surface area contributed by atoms with Gasteiger partial charge >= 0.3 is 0 Å². The van der Waals surface area contributed by atoms with Crippen LogP contribution in [-0.4, -0.2) is 30.1 Å². The zero-order valence-electron chi connectivity index (χ0n) is 12.5. The second kappa shape index (κ2) is 7.13. The fourth-order valence-electron chi connectivity index (χ4n) is 2.89. The summed E-state index contributed by atoms with van der Waals surface area (Å²) in [5.41, 5.74) is 1.13. The van der Waals surface area contributed by atoms with Crippen molar-refractivity contribution in [3.05, 3.63) is 33.8 Å². The van der Waals surface area contributed by atoms with E-state index in [9.17, 15) is 0 Å². The van der Waals surface area contributed by atoms with E-state index in [0.717, 1.165) is 25.2 Å². The highest BCUT2D eigenvalue weighted by molar-refractivity contribution is 6.42. The molecule has 2 atom stereocenters. The van der Waals surface area contributed by atoms with E-state index in [0.29, 0.717) is 28.0 Å². The Morgan fingerprint density at radius 1 is 1.35 bits per heavy atom. The maximum atomic E-state index is 6.33. The Morgan fingerprint density at radius 2 is 2.10 bits per heavy atom. The lowest BCUT2D eigenvalue weighted by Crippen LogP contribution is -2.55. The summed E-state index contributed by atoms with van der Waals surface area (Å²) in [7, 11) is 0. The summed E-state index contributed by atoms with van der Waals surface area (Å²) in [5, 5.41) is 4.92. The van der Waals surface area contributed by atoms with Crippen molar-refractivity contribution in [3.8, 4) is 0 Å². The van der Waals surface area contributed by atoms with Crippen LogP contribution in [0.25, 0.3) is 0 Å². The molecule has 1 aromatic rings. The smallest absolute Gasteiger partial charge is 0.0637 e. The molecule has 1 heterocycles. The highest BCUT2D eigenvalue weighted by Gasteiger charge is 2.26. The third-order valence-electron chi connectivity index (χ3n) is 3.88. The van der Waals surface area contributed by atoms with Gasteiger partial charge in [0.2, 0.25) is 0 Å². The molecule has 112 valence electrons. The summed E-state index contributed by atoms with van der Waals surface area (Å²) in [5.74, 6) is 0.701. The lowest BCUT2D eigenvalue weighted by molar-refractivity contribution is 0.111. The third-order valence-corrected chi connectivity index (χ3v) is 4.73. The van der Waals surface area contributed by atoms with Crippen molar-refractivity contribution >= 4 is 23.2 Å². The van der Waals surface area contributed by atoms with Crippen molar-refractivity contribution in [2.24, 2.45) is 5.92 Å². The van der Waals surface area contributed by atoms with Gasteiger partial charge in [0.05, 0.1) is 10.0 Å². The van der Waals surface area contributed by atoms with Crippen LogP contribution in [0.15, 0.2) is 18.2 Å². The van der Waals surface area contributed by atoms with E-state index in [1.54, 1.807) is 0 Å². The SMILES string of the molecule is CC(C)CC1CNC(C)CN1Cc1cccc(Cl)c1Cl. The monoisotopic (exact) mass is 314 g/mol. The van der Waals surface area contributed by atoms with Gasteiger partial charge in [-0.25, -0.2) is 0 Å². The normalized spacial score (nSPS) is 24.3. The summed E-state index contributed by atoms with van der Waals surface area (Å²) in [6, 6.07) is 7.00. The molecule has 2 nitrogen and oxygen atoms in total. The van der Waals surface area contributed by atoms with Crippen LogP contribution in [-0.2, 0) is 6.54 Å². The number of nitrogens with zero attached hydrogens (tertiary/aromatic N) is 1. The number of piperazine rings is 1. The molecule has 2 unspecified atom stereocenters. The fourth-order valence-corrected chi connectivity index (χ4v) is 3.27. The standard InChI is InChI=1S/C16H24Cl2N2/c1-11(2)7-14-8-19-12(3)9-20(14)10-13-5-4-6-15(17)16(13)18/h4-6,11-12,14,19H,7-10H2,1-3H3. The second-order valence-corrected chi connectivity index (χ2v) is 7.02. The second-order valence-electron chi connectivity index (χ2n) is 6.24. The third kappa shape index (κ3) is 4.11. The van der Waals surface area contributed by atoms with Crippen LogP contribution < -0.4 is 5.32 Å². The van der Waals surface area contributed by atoms with Crippen LogP contribution >= 0.6 is 23.2 Å². The van der Waals surface area contributed by atoms with Crippen molar-refractivity contribution in [1.82, 2.24) is 10.2 Å². The van der Waals surface area contributed by atoms with Crippen LogP contribution in [0.4, 0.5) is 0 Å². The number of hydrogen-bond acceptors (Lipinski definition) is 2. The van der Waals surface area contributed by atoms with E-state index in [-0.39, 0.29) is 0 Å². The van der Waals surface area contributed by atoms with Crippen LogP contribution in [0.5, 0.6) is 0 Å². The first-order valence-corrected chi connectivity index (χ1v) is 8.13. The summed E-state index contributed by atoms with van der Waals surface area (Å²) < 4.78 is 0. The predicted molar refractivity (Wildman–Crippen MR) is 87.6 cm³/mol. The van der Waals surface area contributed by atoms with Gasteiger partial charge in [0.1, 0.15) is 0 Å². The Hall–Kier alpha value is -0.280. The van der Waals surface area contributed by atoms with Gasteiger partial charge in [-0.1, -0.05) is 49.2 Å². The van der Waals surface area contributed by atoms with Crippen molar-refractivity contribution in [1.29, 1.82) is 0 Å². The zero-order valence-corrected chi connectivity index (χ0v) is 14.0. The largest absolute Gasteiger partial charge is 0.311 e. The molecule has 1 aromatic carbocycles. The molecular weight excluding hydrogens is 291 g/mol. The topological polar surface area (TPSA) is 15.3 Å². The minimum absolute atomic E-state index is 0.524. The van der Waals surface area contributed by atoms with Gasteiger partial charge in [-0.05, 0) is 30.9 Å². The van der Waals surface area contributed by atoms with E-state index in [2.05, 4.69) is 37.1 Å². The number of nitrogens with one attached hydrogen (secondary N) is 1. The van der Waals surface area contributed by atoms with Crippen molar-refractivity contribution in [2.45, 2.75) is 45.8 Å². The first kappa shape index (κ1) is 16.1. The molecule has 20 heavy (non-hydrogen) atoms. The average molecular weight is 315 g/mol. The molecular formula is C16H24Cl2N2. The maximum absolute atomic E-state index is 6.33. The highest BCUT2D eigenvalue weighted by Crippen LogP contribution is 2.28. The van der Waals surface area contributed by atoms with Crippen molar-refractivity contribution in [3.63, 3.8) is 0 Å². The molecule has 1 aliphatic rings. The lowest BCUT2D eigenvalue weighted by atomic mass is 9.98. The maximum Gasteiger partial charge on any atom is 0.0637 e. The Labute approximate surface area is 132 Å². The van der Waals surface area contributed by atoms with Crippen LogP contribution in [0.1, 0.15) is 32.8 Å². The molecule has 0 spiro atoms. The van der Waals surface area contributed by atoms with E-state index in [1.165, 1.54) is 6.42 Å². The summed E-state index contributed by atoms with van der Waals surface area (Å²) in [6.07, 6.45) is 1.21. The van der Waals surface area contributed by atoms with Gasteiger partial charge in [-0.2, -0.15) is 0 Å². The summed E-state index contributed by atoms with van der Waals surface area (Å²) in [6.45, 7) is 9.78. The number of hydrogen-bond donors (Lipinski definition) is 1. The molecule has 0 amide bonds. The van der Waals surface area contributed by atoms with Gasteiger partial charge in [0, 0.05) is 31.7 Å². The summed E-state index contributed by atoms with van der Waals surface area (Å²) >= 11 is 12.4. The first-order chi connectivity index (χ1) is 9.47. The Morgan fingerprint density at radius 3 is 2.80 bits per heavy atom. The minimum atomic E-state index is 0.524. The van der Waals surface area contributed by atoms with Crippen molar-refractivity contribution in [2.75, 3.05) is 13.1 Å². The molecule has 0 aromatic heterocycles. The van der Waals surface area contributed by atoms with E-state index in [4.69, 9.17) is 23.2 Å². The zero-order chi connectivity index (χ0) is 14.7. The lowest BCUT2D eigenvalue weighted by Gasteiger charge is -2.40. The Bertz CT molecular complexity index is 448. The van der Waals surface area contributed by atoms with Crippen LogP contribution in [0.3, 0.4) is 0 Å². The number of rotatable bonds is 4. The molecule has 0 saturated carbocycles. The molecule has 0 aliphatic carbocycles. The van der Waals surface area contributed by atoms with Gasteiger partial charge in [0.25, 0.3) is 0 Å². The van der Waals surface area contributed by atoms with Crippen LogP contribution in [0, 0.1) is 5.92 Å². The molecule has 0 bridgehead atoms. The fraction of sp³-hybridized carbons (Fsp3) is 0.625. The number of halogens is 2. The highest BCUT2D eigenvalue weighted by atomic mass is 35.5. The Kier molecular flexibility index (Phi) is 5.74. The predicted octanol–water partition coefficient (Wildman–Crippen LogP) is 4.20. The molecule has 0 radical (unpaired) electrons. The van der Waals surface area contributed by atoms with E-state index >= 15 is 0 Å².